The summed E-state index contributed by atoms with van der Waals surface area (Å²) in [6.07, 6.45) is 5.84. The van der Waals surface area contributed by atoms with E-state index in [1.54, 1.807) is 6.21 Å². The van der Waals surface area contributed by atoms with Gasteiger partial charge in [0, 0.05) is 12.4 Å². The minimum atomic E-state index is 0.551. The van der Waals surface area contributed by atoms with Crippen molar-refractivity contribution in [2.45, 2.75) is 41.0 Å². The number of hydrogen-bond acceptors (Lipinski definition) is 3. The molecule has 0 saturated carbocycles. The topological polar surface area (TPSA) is 45.4 Å². The van der Waals surface area contributed by atoms with Crippen LogP contribution in [-0.4, -0.2) is 19.0 Å². The van der Waals surface area contributed by atoms with Gasteiger partial charge in [0.15, 0.2) is 0 Å². The molecule has 0 atom stereocenters. The monoisotopic (exact) mass is 262 g/mol. The van der Waals surface area contributed by atoms with E-state index in [4.69, 9.17) is 10.1 Å². The Balaban J connectivity index is 4.68. The van der Waals surface area contributed by atoms with Crippen LogP contribution in [0, 0.1) is 11.3 Å². The van der Waals surface area contributed by atoms with Crippen molar-refractivity contribution in [1.82, 2.24) is 0 Å². The van der Waals surface area contributed by atoms with Gasteiger partial charge in [0.1, 0.15) is 5.76 Å². The van der Waals surface area contributed by atoms with Crippen LogP contribution in [0.1, 0.15) is 41.0 Å². The molecule has 0 heterocycles. The summed E-state index contributed by atoms with van der Waals surface area (Å²) in [5.41, 5.74) is 2.36. The van der Waals surface area contributed by atoms with Crippen LogP contribution in [0.4, 0.5) is 0 Å². The maximum absolute atomic E-state index is 7.45. The third kappa shape index (κ3) is 8.14. The maximum Gasteiger partial charge on any atom is 0.104 e. The van der Waals surface area contributed by atoms with E-state index in [9.17, 15) is 0 Å². The molecule has 1 N–H and O–H groups in total. The first-order chi connectivity index (χ1) is 8.88. The van der Waals surface area contributed by atoms with Gasteiger partial charge in [0.2, 0.25) is 0 Å². The third-order valence-corrected chi connectivity index (χ3v) is 2.49. The van der Waals surface area contributed by atoms with E-state index in [1.165, 1.54) is 11.8 Å². The first-order valence-electron chi connectivity index (χ1n) is 6.59. The van der Waals surface area contributed by atoms with Crippen LogP contribution >= 0.6 is 0 Å². The van der Waals surface area contributed by atoms with Gasteiger partial charge in [-0.3, -0.25) is 4.99 Å². The Morgan fingerprint density at radius 1 is 1.32 bits per heavy atom. The molecule has 0 aromatic carbocycles. The number of nitrogens with one attached hydrogen (secondary N) is 1. The largest absolute Gasteiger partial charge is 0.497 e. The molecule has 0 amide bonds. The van der Waals surface area contributed by atoms with E-state index in [0.29, 0.717) is 29.6 Å². The Morgan fingerprint density at radius 3 is 2.42 bits per heavy atom. The predicted molar refractivity (Wildman–Crippen MR) is 84.0 cm³/mol. The van der Waals surface area contributed by atoms with Gasteiger partial charge >= 0.3 is 0 Å². The summed E-state index contributed by atoms with van der Waals surface area (Å²) in [5, 5.41) is 7.45. The average molecular weight is 262 g/mol. The Kier molecular flexibility index (Phi) is 8.51. The molecule has 0 aromatic rings. The first-order valence-corrected chi connectivity index (χ1v) is 6.59. The summed E-state index contributed by atoms with van der Waals surface area (Å²) < 4.78 is 5.63. The highest BCUT2D eigenvalue weighted by Crippen LogP contribution is 2.14. The summed E-state index contributed by atoms with van der Waals surface area (Å²) in [6.45, 7) is 14.7. The smallest absolute Gasteiger partial charge is 0.104 e. The fourth-order valence-electron chi connectivity index (χ4n) is 1.26. The Bertz CT molecular complexity index is 397. The van der Waals surface area contributed by atoms with Crippen molar-refractivity contribution >= 4 is 12.4 Å². The summed E-state index contributed by atoms with van der Waals surface area (Å²) >= 11 is 0. The lowest BCUT2D eigenvalue weighted by atomic mass is 10.1. The molecular formula is C16H26N2O. The maximum atomic E-state index is 7.45. The minimum absolute atomic E-state index is 0.551. The number of aliphatic imine (C=N–C) groups is 1. The standard InChI is InChI=1S/C16H26N2O/c1-12(2)7-9-18-14(5)16(11-17)15(6)19-10-8-13(3)4/h7,9,11,13,17H,5,8,10H2,1-4,6H3/b16-15-,17-11?,18-9?. The number of nitrogens with zero attached hydrogens (tertiary/aromatic N) is 1. The lowest BCUT2D eigenvalue weighted by Gasteiger charge is -2.11. The van der Waals surface area contributed by atoms with E-state index >= 15 is 0 Å². The van der Waals surface area contributed by atoms with Gasteiger partial charge in [0.05, 0.1) is 17.9 Å². The molecule has 3 heteroatoms. The highest BCUT2D eigenvalue weighted by Gasteiger charge is 2.05. The van der Waals surface area contributed by atoms with Gasteiger partial charge < -0.3 is 10.1 Å². The molecule has 0 aliphatic carbocycles. The first kappa shape index (κ1) is 17.4. The average Bonchev–Trinajstić information content (AvgIpc) is 2.28. The lowest BCUT2D eigenvalue weighted by Crippen LogP contribution is -2.01. The van der Waals surface area contributed by atoms with Crippen LogP contribution in [0.5, 0.6) is 0 Å². The Hall–Kier alpha value is -1.64. The quantitative estimate of drug-likeness (QED) is 0.390. The molecule has 19 heavy (non-hydrogen) atoms. The summed E-state index contributed by atoms with van der Waals surface area (Å²) in [5.74, 6) is 1.31. The van der Waals surface area contributed by atoms with Gasteiger partial charge in [-0.25, -0.2) is 0 Å². The van der Waals surface area contributed by atoms with Crippen molar-refractivity contribution in [3.05, 3.63) is 35.3 Å². The molecular weight excluding hydrogens is 236 g/mol. The zero-order valence-electron chi connectivity index (χ0n) is 12.8. The van der Waals surface area contributed by atoms with Gasteiger partial charge in [-0.2, -0.15) is 0 Å². The number of allylic oxidation sites excluding steroid dienone is 4. The van der Waals surface area contributed by atoms with Crippen LogP contribution < -0.4 is 0 Å². The zero-order valence-corrected chi connectivity index (χ0v) is 12.8. The number of hydrogen-bond donors (Lipinski definition) is 1. The van der Waals surface area contributed by atoms with E-state index < -0.39 is 0 Å². The van der Waals surface area contributed by atoms with E-state index in [0.717, 1.165) is 6.42 Å². The second-order valence-electron chi connectivity index (χ2n) is 5.11. The van der Waals surface area contributed by atoms with Crippen LogP contribution in [0.15, 0.2) is 40.2 Å². The van der Waals surface area contributed by atoms with Crippen LogP contribution in [0.3, 0.4) is 0 Å². The van der Waals surface area contributed by atoms with Gasteiger partial charge in [-0.05, 0) is 39.2 Å². The minimum Gasteiger partial charge on any atom is -0.497 e. The number of ether oxygens (including phenoxy) is 1. The van der Waals surface area contributed by atoms with Crippen molar-refractivity contribution in [3.63, 3.8) is 0 Å². The molecule has 0 fully saturated rings. The third-order valence-electron chi connectivity index (χ3n) is 2.49. The Morgan fingerprint density at radius 2 is 1.95 bits per heavy atom. The molecule has 0 aromatic heterocycles. The molecule has 0 unspecified atom stereocenters. The Labute approximate surface area is 117 Å². The molecule has 106 valence electrons. The van der Waals surface area contributed by atoms with Gasteiger partial charge in [0.25, 0.3) is 0 Å². The normalized spacial score (nSPS) is 12.3. The molecule has 0 aliphatic rings. The predicted octanol–water partition coefficient (Wildman–Crippen LogP) is 4.52. The van der Waals surface area contributed by atoms with Crippen molar-refractivity contribution in [2.24, 2.45) is 10.9 Å². The van der Waals surface area contributed by atoms with Crippen LogP contribution in [0.25, 0.3) is 0 Å². The van der Waals surface area contributed by atoms with Crippen molar-refractivity contribution in [1.29, 1.82) is 5.41 Å². The highest BCUT2D eigenvalue weighted by molar-refractivity contribution is 5.84. The summed E-state index contributed by atoms with van der Waals surface area (Å²) in [7, 11) is 0. The second kappa shape index (κ2) is 9.31. The molecule has 0 bridgehead atoms. The summed E-state index contributed by atoms with van der Waals surface area (Å²) in [6, 6.07) is 0. The molecule has 0 spiro atoms. The van der Waals surface area contributed by atoms with Gasteiger partial charge in [-0.1, -0.05) is 26.0 Å². The van der Waals surface area contributed by atoms with Crippen molar-refractivity contribution < 1.29 is 4.74 Å². The fraction of sp³-hybridized carbons (Fsp3) is 0.500. The highest BCUT2D eigenvalue weighted by atomic mass is 16.5. The molecule has 0 aliphatic heterocycles. The molecule has 0 radical (unpaired) electrons. The number of rotatable bonds is 8. The van der Waals surface area contributed by atoms with Gasteiger partial charge in [-0.15, -0.1) is 0 Å². The molecule has 3 nitrogen and oxygen atoms in total. The second-order valence-corrected chi connectivity index (χ2v) is 5.11. The van der Waals surface area contributed by atoms with E-state index in [1.807, 2.05) is 26.8 Å². The van der Waals surface area contributed by atoms with Crippen molar-refractivity contribution in [3.8, 4) is 0 Å². The van der Waals surface area contributed by atoms with Crippen LogP contribution in [0.2, 0.25) is 0 Å². The molecule has 0 saturated heterocycles. The SMILES string of the molecule is C=C(N=CC=C(C)C)/C(C=N)=C(/C)OCCC(C)C. The molecule has 0 rings (SSSR count). The van der Waals surface area contributed by atoms with Crippen LogP contribution in [-0.2, 0) is 4.74 Å². The fourth-order valence-corrected chi connectivity index (χ4v) is 1.26. The zero-order chi connectivity index (χ0) is 14.8. The van der Waals surface area contributed by atoms with Crippen molar-refractivity contribution in [2.75, 3.05) is 6.61 Å². The van der Waals surface area contributed by atoms with E-state index in [-0.39, 0.29) is 0 Å². The van der Waals surface area contributed by atoms with E-state index in [2.05, 4.69) is 25.4 Å². The summed E-state index contributed by atoms with van der Waals surface area (Å²) in [4.78, 5) is 4.21. The lowest BCUT2D eigenvalue weighted by molar-refractivity contribution is 0.196.